The number of piperazine rings is 1. The molecule has 3 rings (SSSR count). The van der Waals surface area contributed by atoms with E-state index in [1.807, 2.05) is 0 Å². The van der Waals surface area contributed by atoms with Crippen LogP contribution in [0.1, 0.15) is 25.8 Å². The molecule has 1 aromatic carbocycles. The van der Waals surface area contributed by atoms with E-state index in [2.05, 4.69) is 34.6 Å². The maximum Gasteiger partial charge on any atom is 0.256 e. The van der Waals surface area contributed by atoms with E-state index in [-0.39, 0.29) is 23.9 Å². The van der Waals surface area contributed by atoms with Gasteiger partial charge in [0.2, 0.25) is 0 Å². The Kier molecular flexibility index (Phi) is 5.95. The zero-order chi connectivity index (χ0) is 18.7. The van der Waals surface area contributed by atoms with Crippen LogP contribution in [0.4, 0.5) is 10.1 Å². The van der Waals surface area contributed by atoms with E-state index in [4.69, 9.17) is 0 Å². The molecule has 0 aliphatic carbocycles. The van der Waals surface area contributed by atoms with Crippen LogP contribution in [-0.4, -0.2) is 60.1 Å². The molecular formula is C18H28FN5O2. The Morgan fingerprint density at radius 1 is 1.19 bits per heavy atom. The highest BCUT2D eigenvalue weighted by Crippen LogP contribution is 2.32. The molecular weight excluding hydrogens is 337 g/mol. The maximum atomic E-state index is 14.5. The maximum absolute atomic E-state index is 14.5. The number of hydrazine groups is 2. The number of anilines is 1. The number of aromatic hydroxyl groups is 1. The summed E-state index contributed by atoms with van der Waals surface area (Å²) in [6, 6.07) is 3.01. The fourth-order valence-electron chi connectivity index (χ4n) is 3.36. The monoisotopic (exact) mass is 365 g/mol. The number of hydrogen-bond donors (Lipinski definition) is 3. The summed E-state index contributed by atoms with van der Waals surface area (Å²) in [5.74, 6) is -0.268. The molecule has 2 saturated heterocycles. The summed E-state index contributed by atoms with van der Waals surface area (Å²) < 4.78 is 14.5. The number of amides is 1. The minimum atomic E-state index is -0.542. The van der Waals surface area contributed by atoms with E-state index >= 15 is 0 Å². The molecule has 0 saturated carbocycles. The van der Waals surface area contributed by atoms with Crippen LogP contribution >= 0.6 is 0 Å². The number of nitrogens with zero attached hydrogens (tertiary/aromatic N) is 3. The lowest BCUT2D eigenvalue weighted by molar-refractivity contribution is -0.118. The van der Waals surface area contributed by atoms with Gasteiger partial charge in [0.15, 0.2) is 5.82 Å². The highest BCUT2D eigenvalue weighted by atomic mass is 19.1. The van der Waals surface area contributed by atoms with E-state index in [1.54, 1.807) is 6.07 Å². The van der Waals surface area contributed by atoms with Crippen molar-refractivity contribution in [3.63, 3.8) is 0 Å². The van der Waals surface area contributed by atoms with Gasteiger partial charge in [0.05, 0.1) is 0 Å². The molecule has 0 bridgehead atoms. The van der Waals surface area contributed by atoms with Crippen LogP contribution in [-0.2, 0) is 11.3 Å². The van der Waals surface area contributed by atoms with Gasteiger partial charge in [-0.2, -0.15) is 0 Å². The molecule has 8 heteroatoms. The van der Waals surface area contributed by atoms with Crippen LogP contribution in [0, 0.1) is 11.7 Å². The van der Waals surface area contributed by atoms with Crippen LogP contribution in [0.25, 0.3) is 0 Å². The topological polar surface area (TPSA) is 71.1 Å². The number of halogens is 1. The number of carbonyl (C=O) groups is 1. The van der Waals surface area contributed by atoms with Crippen molar-refractivity contribution in [2.24, 2.45) is 5.92 Å². The van der Waals surface area contributed by atoms with Crippen molar-refractivity contribution in [2.45, 2.75) is 26.8 Å². The molecule has 2 fully saturated rings. The molecule has 2 heterocycles. The van der Waals surface area contributed by atoms with Crippen molar-refractivity contribution in [3.8, 4) is 5.75 Å². The number of carbonyl (C=O) groups excluding carboxylic acids is 1. The van der Waals surface area contributed by atoms with E-state index in [0.717, 1.165) is 38.3 Å². The number of hydrogen-bond acceptors (Lipinski definition) is 6. The summed E-state index contributed by atoms with van der Waals surface area (Å²) in [5, 5.41) is 11.5. The number of benzene rings is 1. The molecule has 0 spiro atoms. The van der Waals surface area contributed by atoms with Crippen LogP contribution in [0.3, 0.4) is 0 Å². The second-order valence-corrected chi connectivity index (χ2v) is 7.49. The average Bonchev–Trinajstić information content (AvgIpc) is 2.99. The highest BCUT2D eigenvalue weighted by Gasteiger charge is 2.25. The Morgan fingerprint density at radius 3 is 2.46 bits per heavy atom. The Balaban J connectivity index is 1.57. The van der Waals surface area contributed by atoms with Gasteiger partial charge in [-0.25, -0.2) is 4.39 Å². The predicted molar refractivity (Wildman–Crippen MR) is 97.9 cm³/mol. The zero-order valence-electron chi connectivity index (χ0n) is 15.5. The van der Waals surface area contributed by atoms with Crippen molar-refractivity contribution in [1.29, 1.82) is 0 Å². The fraction of sp³-hybridized carbons (Fsp3) is 0.611. The molecule has 0 unspecified atom stereocenters. The second-order valence-electron chi connectivity index (χ2n) is 7.49. The number of phenols is 1. The zero-order valence-corrected chi connectivity index (χ0v) is 15.5. The van der Waals surface area contributed by atoms with E-state index in [1.165, 1.54) is 17.5 Å². The summed E-state index contributed by atoms with van der Waals surface area (Å²) in [5.41, 5.74) is 5.64. The molecule has 0 atom stereocenters. The first kappa shape index (κ1) is 18.9. The van der Waals surface area contributed by atoms with Crippen LogP contribution in [0.5, 0.6) is 5.75 Å². The van der Waals surface area contributed by atoms with Crippen LogP contribution in [0.15, 0.2) is 12.1 Å². The summed E-state index contributed by atoms with van der Waals surface area (Å²) in [4.78, 5) is 16.0. The quantitative estimate of drug-likeness (QED) is 0.700. The van der Waals surface area contributed by atoms with Gasteiger partial charge in [0, 0.05) is 32.7 Å². The first-order chi connectivity index (χ1) is 12.4. The van der Waals surface area contributed by atoms with Gasteiger partial charge >= 0.3 is 0 Å². The molecule has 26 heavy (non-hydrogen) atoms. The summed E-state index contributed by atoms with van der Waals surface area (Å²) in [7, 11) is 0. The average molecular weight is 365 g/mol. The van der Waals surface area contributed by atoms with Gasteiger partial charge in [-0.3, -0.25) is 20.1 Å². The SMILES string of the molecule is CC(C)CCN1CCN(Cc2cc(O)c(N3CC(=O)NN3)c(F)c2)CC1. The standard InChI is InChI=1S/C18H28FN5O2/c1-13(2)3-4-22-5-7-23(8-6-22)11-14-9-15(19)18(16(25)10-14)24-12-17(26)20-21-24/h9-10,13,21,25H,3-8,11-12H2,1-2H3,(H,20,26). The predicted octanol–water partition coefficient (Wildman–Crippen LogP) is 1.05. The van der Waals surface area contributed by atoms with E-state index in [0.29, 0.717) is 12.5 Å². The first-order valence-electron chi connectivity index (χ1n) is 9.20. The summed E-state index contributed by atoms with van der Waals surface area (Å²) in [6.45, 7) is 10.1. The minimum absolute atomic E-state index is 0.00870. The molecule has 144 valence electrons. The highest BCUT2D eigenvalue weighted by molar-refractivity contribution is 5.84. The summed E-state index contributed by atoms with van der Waals surface area (Å²) in [6.07, 6.45) is 1.21. The second kappa shape index (κ2) is 8.20. The van der Waals surface area contributed by atoms with E-state index < -0.39 is 5.82 Å². The number of rotatable bonds is 6. The number of phenolic OH excluding ortho intramolecular Hbond substituents is 1. The molecule has 2 aliphatic rings. The Bertz CT molecular complexity index is 623. The molecule has 2 aliphatic heterocycles. The van der Waals surface area contributed by atoms with Gasteiger partial charge in [-0.05, 0) is 36.6 Å². The largest absolute Gasteiger partial charge is 0.506 e. The van der Waals surface area contributed by atoms with Gasteiger partial charge < -0.3 is 10.0 Å². The lowest BCUT2D eigenvalue weighted by Crippen LogP contribution is -2.46. The van der Waals surface area contributed by atoms with Gasteiger partial charge in [0.1, 0.15) is 18.0 Å². The van der Waals surface area contributed by atoms with Crippen LogP contribution in [0.2, 0.25) is 0 Å². The van der Waals surface area contributed by atoms with Gasteiger partial charge in [0.25, 0.3) is 5.91 Å². The van der Waals surface area contributed by atoms with Crippen molar-refractivity contribution in [2.75, 3.05) is 44.3 Å². The molecule has 7 nitrogen and oxygen atoms in total. The van der Waals surface area contributed by atoms with Crippen LogP contribution < -0.4 is 16.0 Å². The van der Waals surface area contributed by atoms with Crippen molar-refractivity contribution < 1.29 is 14.3 Å². The van der Waals surface area contributed by atoms with Crippen molar-refractivity contribution in [3.05, 3.63) is 23.5 Å². The fourth-order valence-corrected chi connectivity index (χ4v) is 3.36. The molecule has 0 radical (unpaired) electrons. The lowest BCUT2D eigenvalue weighted by atomic mass is 10.1. The Morgan fingerprint density at radius 2 is 1.88 bits per heavy atom. The summed E-state index contributed by atoms with van der Waals surface area (Å²) >= 11 is 0. The smallest absolute Gasteiger partial charge is 0.256 e. The Hall–Kier alpha value is -1.90. The molecule has 3 N–H and O–H groups in total. The van der Waals surface area contributed by atoms with Crippen molar-refractivity contribution >= 4 is 11.6 Å². The lowest BCUT2D eigenvalue weighted by Gasteiger charge is -2.35. The van der Waals surface area contributed by atoms with Crippen molar-refractivity contribution in [1.82, 2.24) is 20.8 Å². The third kappa shape index (κ3) is 4.63. The van der Waals surface area contributed by atoms with Gasteiger partial charge in [-0.1, -0.05) is 13.8 Å². The van der Waals surface area contributed by atoms with E-state index in [9.17, 15) is 14.3 Å². The van der Waals surface area contributed by atoms with Gasteiger partial charge in [-0.15, -0.1) is 5.53 Å². The normalized spacial score (nSPS) is 19.4. The molecule has 1 aromatic rings. The third-order valence-electron chi connectivity index (χ3n) is 4.90. The molecule has 0 aromatic heterocycles. The minimum Gasteiger partial charge on any atom is -0.506 e. The Labute approximate surface area is 153 Å². The third-order valence-corrected chi connectivity index (χ3v) is 4.90. The number of nitrogens with one attached hydrogen (secondary N) is 2. The first-order valence-corrected chi connectivity index (χ1v) is 9.20. The molecule has 1 amide bonds.